The molecule has 0 radical (unpaired) electrons. The normalized spacial score (nSPS) is 29.2. The van der Waals surface area contributed by atoms with Gasteiger partial charge in [0.05, 0.1) is 12.0 Å². The van der Waals surface area contributed by atoms with Crippen LogP contribution in [0.3, 0.4) is 0 Å². The van der Waals surface area contributed by atoms with Crippen molar-refractivity contribution in [2.24, 2.45) is 5.92 Å². The molecule has 7 nitrogen and oxygen atoms in total. The Morgan fingerprint density at radius 3 is 2.77 bits per heavy atom. The zero-order chi connectivity index (χ0) is 15.1. The minimum atomic E-state index is -0.150. The molecular weight excluding hydrogens is 282 g/mol. The quantitative estimate of drug-likeness (QED) is 0.813. The summed E-state index contributed by atoms with van der Waals surface area (Å²) in [6, 6.07) is 0.617. The van der Waals surface area contributed by atoms with Crippen LogP contribution in [-0.2, 0) is 9.59 Å². The van der Waals surface area contributed by atoms with E-state index in [9.17, 15) is 9.59 Å². The second kappa shape index (κ2) is 5.37. The Kier molecular flexibility index (Phi) is 3.35. The van der Waals surface area contributed by atoms with E-state index in [0.29, 0.717) is 25.6 Å². The zero-order valence-corrected chi connectivity index (χ0v) is 12.6. The number of aromatic nitrogens is 3. The largest absolute Gasteiger partial charge is 0.340 e. The van der Waals surface area contributed by atoms with Gasteiger partial charge in [0.25, 0.3) is 0 Å². The van der Waals surface area contributed by atoms with Crippen molar-refractivity contribution in [1.29, 1.82) is 0 Å². The van der Waals surface area contributed by atoms with Crippen LogP contribution in [-0.4, -0.2) is 62.1 Å². The van der Waals surface area contributed by atoms with Crippen molar-refractivity contribution in [3.8, 4) is 0 Å². The van der Waals surface area contributed by atoms with Crippen LogP contribution in [0.25, 0.3) is 0 Å². The Bertz CT molecular complexity index is 568. The van der Waals surface area contributed by atoms with Crippen LogP contribution in [0.15, 0.2) is 12.7 Å². The van der Waals surface area contributed by atoms with E-state index in [0.717, 1.165) is 32.2 Å². The number of hydrogen-bond acceptors (Lipinski definition) is 4. The van der Waals surface area contributed by atoms with Gasteiger partial charge in [0.2, 0.25) is 11.8 Å². The molecular formula is C15H21N5O2. The van der Waals surface area contributed by atoms with E-state index in [-0.39, 0.29) is 23.8 Å². The fraction of sp³-hybridized carbons (Fsp3) is 0.733. The van der Waals surface area contributed by atoms with Gasteiger partial charge in [0.1, 0.15) is 12.7 Å². The van der Waals surface area contributed by atoms with Gasteiger partial charge in [-0.25, -0.2) is 9.67 Å². The molecule has 0 N–H and O–H groups in total. The first-order valence-electron chi connectivity index (χ1n) is 8.15. The van der Waals surface area contributed by atoms with Crippen LogP contribution in [0.4, 0.5) is 0 Å². The second-order valence-corrected chi connectivity index (χ2v) is 6.63. The molecule has 3 aliphatic rings. The SMILES string of the molecule is O=C([C@H]1CC(=O)N(C2CC2)C1)N1CCC[C@@H](n2cncn2)C1. The fourth-order valence-electron chi connectivity index (χ4n) is 3.67. The van der Waals surface area contributed by atoms with Gasteiger partial charge in [-0.3, -0.25) is 9.59 Å². The molecule has 0 spiro atoms. The number of rotatable bonds is 3. The van der Waals surface area contributed by atoms with Crippen molar-refractivity contribution >= 4 is 11.8 Å². The smallest absolute Gasteiger partial charge is 0.228 e. The second-order valence-electron chi connectivity index (χ2n) is 6.63. The number of nitrogens with zero attached hydrogens (tertiary/aromatic N) is 5. The fourth-order valence-corrected chi connectivity index (χ4v) is 3.67. The van der Waals surface area contributed by atoms with Gasteiger partial charge in [-0.2, -0.15) is 5.10 Å². The first-order chi connectivity index (χ1) is 10.7. The zero-order valence-electron chi connectivity index (χ0n) is 12.6. The summed E-state index contributed by atoms with van der Waals surface area (Å²) >= 11 is 0. The molecule has 2 amide bonds. The van der Waals surface area contributed by atoms with Crippen molar-refractivity contribution in [2.45, 2.75) is 44.2 Å². The predicted molar refractivity (Wildman–Crippen MR) is 77.7 cm³/mol. The van der Waals surface area contributed by atoms with Crippen molar-refractivity contribution in [3.63, 3.8) is 0 Å². The standard InChI is InChI=1S/C15H21N5O2/c21-14-6-11(7-19(14)12-3-4-12)15(22)18-5-1-2-13(8-18)20-10-16-9-17-20/h9-13H,1-8H2/t11-,13+/m0/s1. The summed E-state index contributed by atoms with van der Waals surface area (Å²) in [7, 11) is 0. The topological polar surface area (TPSA) is 71.3 Å². The van der Waals surface area contributed by atoms with E-state index in [1.54, 1.807) is 6.33 Å². The highest BCUT2D eigenvalue weighted by Crippen LogP contribution is 2.33. The molecule has 1 saturated carbocycles. The van der Waals surface area contributed by atoms with Crippen molar-refractivity contribution in [1.82, 2.24) is 24.6 Å². The molecule has 3 fully saturated rings. The van der Waals surface area contributed by atoms with E-state index in [2.05, 4.69) is 10.1 Å². The lowest BCUT2D eigenvalue weighted by Crippen LogP contribution is -2.44. The third kappa shape index (κ3) is 2.48. The monoisotopic (exact) mass is 303 g/mol. The Morgan fingerprint density at radius 1 is 1.18 bits per heavy atom. The van der Waals surface area contributed by atoms with E-state index in [1.807, 2.05) is 14.5 Å². The van der Waals surface area contributed by atoms with E-state index >= 15 is 0 Å². The van der Waals surface area contributed by atoms with Crippen molar-refractivity contribution in [3.05, 3.63) is 12.7 Å². The van der Waals surface area contributed by atoms with Gasteiger partial charge in [0.15, 0.2) is 0 Å². The lowest BCUT2D eigenvalue weighted by atomic mass is 10.0. The molecule has 3 heterocycles. The number of carbonyl (C=O) groups excluding carboxylic acids is 2. The number of likely N-dealkylation sites (tertiary alicyclic amines) is 2. The maximum atomic E-state index is 12.8. The molecule has 7 heteroatoms. The summed E-state index contributed by atoms with van der Waals surface area (Å²) in [6.07, 6.45) is 7.83. The summed E-state index contributed by atoms with van der Waals surface area (Å²) in [4.78, 5) is 32.6. The first-order valence-corrected chi connectivity index (χ1v) is 8.15. The molecule has 0 unspecified atom stereocenters. The molecule has 2 aliphatic heterocycles. The molecule has 1 aromatic heterocycles. The van der Waals surface area contributed by atoms with Gasteiger partial charge in [-0.05, 0) is 25.7 Å². The van der Waals surface area contributed by atoms with Crippen molar-refractivity contribution in [2.75, 3.05) is 19.6 Å². The molecule has 2 saturated heterocycles. The lowest BCUT2D eigenvalue weighted by molar-refractivity contribution is -0.137. The summed E-state index contributed by atoms with van der Waals surface area (Å²) in [6.45, 7) is 2.08. The highest BCUT2D eigenvalue weighted by Gasteiger charge is 2.43. The molecule has 1 aliphatic carbocycles. The lowest BCUT2D eigenvalue weighted by Gasteiger charge is -2.34. The van der Waals surface area contributed by atoms with Crippen LogP contribution in [0.1, 0.15) is 38.1 Å². The number of amides is 2. The van der Waals surface area contributed by atoms with Crippen molar-refractivity contribution < 1.29 is 9.59 Å². The van der Waals surface area contributed by atoms with E-state index in [1.165, 1.54) is 6.33 Å². The van der Waals surface area contributed by atoms with Crippen LogP contribution in [0.2, 0.25) is 0 Å². The Balaban J connectivity index is 1.41. The maximum Gasteiger partial charge on any atom is 0.228 e. The van der Waals surface area contributed by atoms with Gasteiger partial charge >= 0.3 is 0 Å². The average molecular weight is 303 g/mol. The van der Waals surface area contributed by atoms with Gasteiger partial charge in [-0.15, -0.1) is 0 Å². The van der Waals surface area contributed by atoms with Crippen LogP contribution in [0, 0.1) is 5.92 Å². The molecule has 2 atom stereocenters. The predicted octanol–water partition coefficient (Wildman–Crippen LogP) is 0.452. The van der Waals surface area contributed by atoms with Gasteiger partial charge in [-0.1, -0.05) is 0 Å². The summed E-state index contributed by atoms with van der Waals surface area (Å²) < 4.78 is 1.84. The third-order valence-corrected chi connectivity index (χ3v) is 5.01. The molecule has 0 aromatic carbocycles. The minimum Gasteiger partial charge on any atom is -0.340 e. The van der Waals surface area contributed by atoms with Crippen LogP contribution >= 0.6 is 0 Å². The number of hydrogen-bond donors (Lipinski definition) is 0. The summed E-state index contributed by atoms with van der Waals surface area (Å²) in [5, 5.41) is 4.19. The minimum absolute atomic E-state index is 0.140. The third-order valence-electron chi connectivity index (χ3n) is 5.01. The molecule has 118 valence electrons. The summed E-state index contributed by atoms with van der Waals surface area (Å²) in [5.74, 6) is 0.148. The first kappa shape index (κ1) is 13.7. The molecule has 22 heavy (non-hydrogen) atoms. The van der Waals surface area contributed by atoms with Crippen LogP contribution < -0.4 is 0 Å². The highest BCUT2D eigenvalue weighted by molar-refractivity contribution is 5.89. The Morgan fingerprint density at radius 2 is 2.05 bits per heavy atom. The van der Waals surface area contributed by atoms with E-state index in [4.69, 9.17) is 0 Å². The average Bonchev–Trinajstić information content (AvgIpc) is 3.09. The number of piperidine rings is 1. The Labute approximate surface area is 129 Å². The van der Waals surface area contributed by atoms with Crippen LogP contribution in [0.5, 0.6) is 0 Å². The molecule has 0 bridgehead atoms. The highest BCUT2D eigenvalue weighted by atomic mass is 16.2. The van der Waals surface area contributed by atoms with Gasteiger partial charge in [0, 0.05) is 32.1 Å². The molecule has 4 rings (SSSR count). The number of carbonyl (C=O) groups is 2. The molecule has 1 aromatic rings. The summed E-state index contributed by atoms with van der Waals surface area (Å²) in [5.41, 5.74) is 0. The van der Waals surface area contributed by atoms with E-state index < -0.39 is 0 Å². The Hall–Kier alpha value is -1.92. The van der Waals surface area contributed by atoms with Gasteiger partial charge < -0.3 is 9.80 Å². The maximum absolute atomic E-state index is 12.8.